The monoisotopic (exact) mass is 198 g/mol. The summed E-state index contributed by atoms with van der Waals surface area (Å²) in [5, 5.41) is 0. The summed E-state index contributed by atoms with van der Waals surface area (Å²) in [4.78, 5) is 4.15. The van der Waals surface area contributed by atoms with Crippen LogP contribution in [0.15, 0.2) is 16.8 Å². The van der Waals surface area contributed by atoms with Crippen LogP contribution >= 0.6 is 0 Å². The molecule has 0 saturated heterocycles. The van der Waals surface area contributed by atoms with Crippen LogP contribution < -0.4 is 5.73 Å². The molecule has 80 valence electrons. The van der Waals surface area contributed by atoms with Gasteiger partial charge < -0.3 is 5.73 Å². The summed E-state index contributed by atoms with van der Waals surface area (Å²) in [5.74, 6) is 0. The van der Waals surface area contributed by atoms with Crippen molar-refractivity contribution in [3.05, 3.63) is 11.8 Å². The molecule has 1 atom stereocenters. The first-order chi connectivity index (χ1) is 6.41. The average Bonchev–Trinajstić information content (AvgIpc) is 2.07. The molecule has 0 aromatic heterocycles. The maximum absolute atomic E-state index is 13.4. The van der Waals surface area contributed by atoms with Gasteiger partial charge in [-0.2, -0.15) is 0 Å². The van der Waals surface area contributed by atoms with Crippen LogP contribution in [-0.2, 0) is 0 Å². The SMILES string of the molecule is CC(C)(C)/C(N)=C/C1=NCCCC1F. The average molecular weight is 198 g/mol. The number of alkyl halides is 1. The number of hydrogen-bond donors (Lipinski definition) is 1. The van der Waals surface area contributed by atoms with Gasteiger partial charge in [0.25, 0.3) is 0 Å². The maximum atomic E-state index is 13.4. The van der Waals surface area contributed by atoms with Gasteiger partial charge in [0.15, 0.2) is 0 Å². The molecule has 0 radical (unpaired) electrons. The van der Waals surface area contributed by atoms with Crippen molar-refractivity contribution in [2.24, 2.45) is 16.1 Å². The Bertz CT molecular complexity index is 261. The largest absolute Gasteiger partial charge is 0.402 e. The molecular formula is C11H19FN2. The summed E-state index contributed by atoms with van der Waals surface area (Å²) in [6.45, 7) is 6.75. The molecule has 2 N–H and O–H groups in total. The maximum Gasteiger partial charge on any atom is 0.142 e. The Kier molecular flexibility index (Phi) is 3.29. The van der Waals surface area contributed by atoms with Crippen LogP contribution in [-0.4, -0.2) is 18.4 Å². The Balaban J connectivity index is 2.80. The van der Waals surface area contributed by atoms with Gasteiger partial charge >= 0.3 is 0 Å². The van der Waals surface area contributed by atoms with Crippen molar-refractivity contribution in [1.29, 1.82) is 0 Å². The van der Waals surface area contributed by atoms with Gasteiger partial charge in [0.05, 0.1) is 5.71 Å². The first-order valence-corrected chi connectivity index (χ1v) is 5.07. The number of allylic oxidation sites excluding steroid dienone is 2. The molecule has 1 aliphatic heterocycles. The van der Waals surface area contributed by atoms with E-state index >= 15 is 0 Å². The van der Waals surface area contributed by atoms with Crippen molar-refractivity contribution in [3.63, 3.8) is 0 Å². The lowest BCUT2D eigenvalue weighted by Crippen LogP contribution is -2.24. The Labute approximate surface area is 85.1 Å². The molecule has 0 bridgehead atoms. The summed E-state index contributed by atoms with van der Waals surface area (Å²) < 4.78 is 13.4. The lowest BCUT2D eigenvalue weighted by molar-refractivity contribution is 0.384. The number of hydrogen-bond acceptors (Lipinski definition) is 2. The highest BCUT2D eigenvalue weighted by Gasteiger charge is 2.20. The van der Waals surface area contributed by atoms with Crippen LogP contribution in [0, 0.1) is 5.41 Å². The minimum atomic E-state index is -0.926. The Morgan fingerprint density at radius 3 is 2.71 bits per heavy atom. The van der Waals surface area contributed by atoms with E-state index in [0.717, 1.165) is 13.0 Å². The van der Waals surface area contributed by atoms with Gasteiger partial charge in [-0.3, -0.25) is 4.99 Å². The van der Waals surface area contributed by atoms with E-state index in [-0.39, 0.29) is 5.41 Å². The van der Waals surface area contributed by atoms with Crippen molar-refractivity contribution in [2.45, 2.75) is 39.8 Å². The van der Waals surface area contributed by atoms with Crippen molar-refractivity contribution >= 4 is 5.71 Å². The Hall–Kier alpha value is -0.860. The number of rotatable bonds is 1. The molecule has 14 heavy (non-hydrogen) atoms. The topological polar surface area (TPSA) is 38.4 Å². The molecule has 0 aromatic carbocycles. The van der Waals surface area contributed by atoms with Crippen molar-refractivity contribution in [2.75, 3.05) is 6.54 Å². The van der Waals surface area contributed by atoms with Crippen LogP contribution in [0.5, 0.6) is 0 Å². The second-order valence-corrected chi connectivity index (χ2v) is 4.77. The first kappa shape index (κ1) is 11.2. The second-order valence-electron chi connectivity index (χ2n) is 4.77. The van der Waals surface area contributed by atoms with Crippen LogP contribution in [0.3, 0.4) is 0 Å². The van der Waals surface area contributed by atoms with Crippen LogP contribution in [0.25, 0.3) is 0 Å². The molecule has 0 fully saturated rings. The molecule has 0 aliphatic carbocycles. The van der Waals surface area contributed by atoms with E-state index in [1.807, 2.05) is 20.8 Å². The van der Waals surface area contributed by atoms with Crippen molar-refractivity contribution in [3.8, 4) is 0 Å². The molecule has 1 aliphatic rings. The number of nitrogens with two attached hydrogens (primary N) is 1. The minimum Gasteiger partial charge on any atom is -0.402 e. The van der Waals surface area contributed by atoms with Gasteiger partial charge in [0, 0.05) is 17.7 Å². The summed E-state index contributed by atoms with van der Waals surface area (Å²) in [5.41, 5.74) is 6.96. The zero-order chi connectivity index (χ0) is 10.8. The fourth-order valence-corrected chi connectivity index (χ4v) is 1.24. The molecule has 0 amide bonds. The van der Waals surface area contributed by atoms with Crippen molar-refractivity contribution in [1.82, 2.24) is 0 Å². The van der Waals surface area contributed by atoms with Crippen LogP contribution in [0.2, 0.25) is 0 Å². The molecule has 2 nitrogen and oxygen atoms in total. The summed E-state index contributed by atoms with van der Waals surface area (Å²) in [6.07, 6.45) is 2.19. The summed E-state index contributed by atoms with van der Waals surface area (Å²) in [6, 6.07) is 0. The van der Waals surface area contributed by atoms with Crippen LogP contribution in [0.4, 0.5) is 4.39 Å². The number of nitrogens with zero attached hydrogens (tertiary/aromatic N) is 1. The van der Waals surface area contributed by atoms with E-state index < -0.39 is 6.17 Å². The molecule has 1 rings (SSSR count). The first-order valence-electron chi connectivity index (χ1n) is 5.07. The molecular weight excluding hydrogens is 179 g/mol. The number of aliphatic imine (C=N–C) groups is 1. The molecule has 0 saturated carbocycles. The third-order valence-corrected chi connectivity index (χ3v) is 2.40. The minimum absolute atomic E-state index is 0.111. The van der Waals surface area contributed by atoms with E-state index in [4.69, 9.17) is 5.73 Å². The summed E-state index contributed by atoms with van der Waals surface area (Å²) in [7, 11) is 0. The quantitative estimate of drug-likeness (QED) is 0.690. The predicted octanol–water partition coefficient (Wildman–Crippen LogP) is 2.45. The molecule has 1 unspecified atom stereocenters. The van der Waals surface area contributed by atoms with E-state index in [1.165, 1.54) is 0 Å². The van der Waals surface area contributed by atoms with E-state index in [9.17, 15) is 4.39 Å². The number of halogens is 1. The Morgan fingerprint density at radius 2 is 2.21 bits per heavy atom. The molecule has 1 heterocycles. The molecule has 3 heteroatoms. The van der Waals surface area contributed by atoms with Gasteiger partial charge in [-0.1, -0.05) is 20.8 Å². The van der Waals surface area contributed by atoms with E-state index in [0.29, 0.717) is 17.8 Å². The Morgan fingerprint density at radius 1 is 1.57 bits per heavy atom. The van der Waals surface area contributed by atoms with Gasteiger partial charge in [0.2, 0.25) is 0 Å². The molecule has 0 spiro atoms. The highest BCUT2D eigenvalue weighted by Crippen LogP contribution is 2.22. The van der Waals surface area contributed by atoms with Gasteiger partial charge in [0.1, 0.15) is 6.17 Å². The normalized spacial score (nSPS) is 24.7. The second kappa shape index (κ2) is 4.11. The predicted molar refractivity (Wildman–Crippen MR) is 58.2 cm³/mol. The lowest BCUT2D eigenvalue weighted by Gasteiger charge is -2.21. The van der Waals surface area contributed by atoms with Gasteiger partial charge in [-0.05, 0) is 18.9 Å². The van der Waals surface area contributed by atoms with Crippen LogP contribution in [0.1, 0.15) is 33.6 Å². The van der Waals surface area contributed by atoms with Gasteiger partial charge in [-0.25, -0.2) is 4.39 Å². The smallest absolute Gasteiger partial charge is 0.142 e. The third kappa shape index (κ3) is 2.82. The molecule has 0 aromatic rings. The van der Waals surface area contributed by atoms with Crippen molar-refractivity contribution < 1.29 is 4.39 Å². The highest BCUT2D eigenvalue weighted by molar-refractivity contribution is 5.99. The fourth-order valence-electron chi connectivity index (χ4n) is 1.24. The zero-order valence-electron chi connectivity index (χ0n) is 9.18. The fraction of sp³-hybridized carbons (Fsp3) is 0.727. The highest BCUT2D eigenvalue weighted by atomic mass is 19.1. The summed E-state index contributed by atoms with van der Waals surface area (Å²) >= 11 is 0. The third-order valence-electron chi connectivity index (χ3n) is 2.40. The van der Waals surface area contributed by atoms with Gasteiger partial charge in [-0.15, -0.1) is 0 Å². The standard InChI is InChI=1S/C11H19FN2/c1-11(2,3)10(13)7-9-8(12)5-4-6-14-9/h7-8H,4-6,13H2,1-3H3/b10-7-. The van der Waals surface area contributed by atoms with E-state index in [2.05, 4.69) is 4.99 Å². The van der Waals surface area contributed by atoms with E-state index in [1.54, 1.807) is 6.08 Å². The lowest BCUT2D eigenvalue weighted by atomic mass is 9.90. The zero-order valence-corrected chi connectivity index (χ0v) is 9.18.